The molecule has 1 aromatic carbocycles. The first-order valence-corrected chi connectivity index (χ1v) is 9.10. The third kappa shape index (κ3) is 3.06. The van der Waals surface area contributed by atoms with Gasteiger partial charge in [-0.2, -0.15) is 4.98 Å². The minimum atomic E-state index is -0.175. The van der Waals surface area contributed by atoms with Gasteiger partial charge in [-0.05, 0) is 24.5 Å². The third-order valence-electron chi connectivity index (χ3n) is 3.84. The summed E-state index contributed by atoms with van der Waals surface area (Å²) in [6.07, 6.45) is 3.89. The Hall–Kier alpha value is -2.57. The fourth-order valence-electron chi connectivity index (χ4n) is 2.58. The number of hydrogen-bond acceptors (Lipinski definition) is 5. The first-order chi connectivity index (χ1) is 12.1. The molecule has 0 spiro atoms. The van der Waals surface area contributed by atoms with E-state index in [1.165, 1.54) is 0 Å². The number of nitrogens with zero attached hydrogens (tertiary/aromatic N) is 3. The average Bonchev–Trinajstić information content (AvgIpc) is 3.00. The number of imidazole rings is 1. The van der Waals surface area contributed by atoms with E-state index in [4.69, 9.17) is 11.6 Å². The van der Waals surface area contributed by atoms with Gasteiger partial charge < -0.3 is 10.1 Å². The molecule has 3 heterocycles. The van der Waals surface area contributed by atoms with Gasteiger partial charge in [0.2, 0.25) is 0 Å². The summed E-state index contributed by atoms with van der Waals surface area (Å²) in [7, 11) is 0. The van der Waals surface area contributed by atoms with E-state index >= 15 is 0 Å². The van der Waals surface area contributed by atoms with Crippen LogP contribution in [0.4, 0.5) is 0 Å². The quantitative estimate of drug-likeness (QED) is 0.509. The second-order valence-corrected chi connectivity index (χ2v) is 6.70. The number of aromatic nitrogens is 4. The van der Waals surface area contributed by atoms with Crippen LogP contribution in [0.2, 0.25) is 5.02 Å². The minimum absolute atomic E-state index is 0.175. The minimum Gasteiger partial charge on any atom is -0.480 e. The zero-order chi connectivity index (χ0) is 17.4. The summed E-state index contributed by atoms with van der Waals surface area (Å²) >= 11 is 8.00. The molecule has 0 bridgehead atoms. The van der Waals surface area contributed by atoms with Crippen molar-refractivity contribution in [2.24, 2.45) is 0 Å². The zero-order valence-corrected chi connectivity index (χ0v) is 14.8. The van der Waals surface area contributed by atoms with Crippen LogP contribution in [-0.2, 0) is 0 Å². The SMILES string of the molecule is CSc1ccc(-c2ccc(-c3nc4nc(O)[nH]c4cc3Cl)cc2)nc1. The number of benzene rings is 1. The molecule has 0 unspecified atom stereocenters. The number of nitrogens with one attached hydrogen (secondary N) is 1. The average molecular weight is 369 g/mol. The maximum Gasteiger partial charge on any atom is 0.293 e. The van der Waals surface area contributed by atoms with Crippen LogP contribution < -0.4 is 0 Å². The van der Waals surface area contributed by atoms with Crippen LogP contribution in [0.25, 0.3) is 33.7 Å². The lowest BCUT2D eigenvalue weighted by Gasteiger charge is -2.06. The van der Waals surface area contributed by atoms with Gasteiger partial charge in [-0.25, -0.2) is 4.98 Å². The Morgan fingerprint density at radius 2 is 1.80 bits per heavy atom. The number of rotatable bonds is 3. The predicted molar refractivity (Wildman–Crippen MR) is 101 cm³/mol. The number of halogens is 1. The highest BCUT2D eigenvalue weighted by molar-refractivity contribution is 7.98. The van der Waals surface area contributed by atoms with Crippen LogP contribution in [0.5, 0.6) is 6.01 Å². The number of aromatic amines is 1. The first-order valence-electron chi connectivity index (χ1n) is 7.50. The standard InChI is InChI=1S/C18H13ClN4OS/c1-25-12-6-7-14(20-9-12)10-2-4-11(5-3-10)16-13(19)8-15-17(22-16)23-18(24)21-15/h2-9H,1H3,(H2,21,22,23,24). The van der Waals surface area contributed by atoms with Crippen molar-refractivity contribution in [1.82, 2.24) is 19.9 Å². The molecule has 0 fully saturated rings. The Bertz CT molecular complexity index is 1050. The molecule has 4 aromatic rings. The monoisotopic (exact) mass is 368 g/mol. The molecule has 0 aliphatic carbocycles. The summed E-state index contributed by atoms with van der Waals surface area (Å²) in [5.41, 5.74) is 4.45. The lowest BCUT2D eigenvalue weighted by atomic mass is 10.1. The molecular formula is C18H13ClN4OS. The summed E-state index contributed by atoms with van der Waals surface area (Å²) in [5, 5.41) is 9.94. The largest absolute Gasteiger partial charge is 0.480 e. The molecular weight excluding hydrogens is 356 g/mol. The van der Waals surface area contributed by atoms with E-state index in [0.717, 1.165) is 21.7 Å². The topological polar surface area (TPSA) is 74.7 Å². The van der Waals surface area contributed by atoms with E-state index in [1.54, 1.807) is 17.8 Å². The Balaban J connectivity index is 1.70. The summed E-state index contributed by atoms with van der Waals surface area (Å²) in [4.78, 5) is 16.7. The van der Waals surface area contributed by atoms with Gasteiger partial charge in [-0.3, -0.25) is 4.98 Å². The highest BCUT2D eigenvalue weighted by Gasteiger charge is 2.11. The van der Waals surface area contributed by atoms with Crippen LogP contribution in [0, 0.1) is 0 Å². The van der Waals surface area contributed by atoms with Gasteiger partial charge in [0.1, 0.15) is 0 Å². The van der Waals surface area contributed by atoms with Crippen molar-refractivity contribution in [2.45, 2.75) is 4.90 Å². The molecule has 5 nitrogen and oxygen atoms in total. The lowest BCUT2D eigenvalue weighted by Crippen LogP contribution is -1.88. The summed E-state index contributed by atoms with van der Waals surface area (Å²) in [6, 6.07) is 13.5. The van der Waals surface area contributed by atoms with Gasteiger partial charge in [-0.1, -0.05) is 35.9 Å². The second-order valence-electron chi connectivity index (χ2n) is 5.41. The number of thioether (sulfide) groups is 1. The molecule has 0 radical (unpaired) electrons. The van der Waals surface area contributed by atoms with Crippen molar-refractivity contribution in [3.63, 3.8) is 0 Å². The molecule has 4 rings (SSSR count). The highest BCUT2D eigenvalue weighted by Crippen LogP contribution is 2.30. The van der Waals surface area contributed by atoms with Crippen molar-refractivity contribution in [3.05, 3.63) is 53.7 Å². The van der Waals surface area contributed by atoms with Crippen LogP contribution in [-0.4, -0.2) is 31.3 Å². The molecule has 25 heavy (non-hydrogen) atoms. The molecule has 0 aliphatic rings. The van der Waals surface area contributed by atoms with Crippen LogP contribution in [0.1, 0.15) is 0 Å². The second kappa shape index (κ2) is 6.38. The van der Waals surface area contributed by atoms with E-state index in [2.05, 4.69) is 26.0 Å². The fraction of sp³-hybridized carbons (Fsp3) is 0.0556. The summed E-state index contributed by atoms with van der Waals surface area (Å²) in [5.74, 6) is 0. The first kappa shape index (κ1) is 15.9. The fourth-order valence-corrected chi connectivity index (χ4v) is 3.20. The van der Waals surface area contributed by atoms with Crippen LogP contribution in [0.3, 0.4) is 0 Å². The summed E-state index contributed by atoms with van der Waals surface area (Å²) in [6.45, 7) is 0. The Labute approximate surface area is 153 Å². The van der Waals surface area contributed by atoms with Crippen molar-refractivity contribution >= 4 is 34.5 Å². The van der Waals surface area contributed by atoms with Gasteiger partial charge in [0.25, 0.3) is 6.01 Å². The van der Waals surface area contributed by atoms with Crippen molar-refractivity contribution in [1.29, 1.82) is 0 Å². The molecule has 0 aliphatic heterocycles. The zero-order valence-electron chi connectivity index (χ0n) is 13.2. The van der Waals surface area contributed by atoms with Gasteiger partial charge in [0.05, 0.1) is 21.9 Å². The maximum absolute atomic E-state index is 9.45. The smallest absolute Gasteiger partial charge is 0.293 e. The molecule has 124 valence electrons. The van der Waals surface area contributed by atoms with E-state index in [-0.39, 0.29) is 6.01 Å². The molecule has 2 N–H and O–H groups in total. The normalized spacial score (nSPS) is 11.1. The molecule has 3 aromatic heterocycles. The van der Waals surface area contributed by atoms with Crippen molar-refractivity contribution < 1.29 is 5.11 Å². The van der Waals surface area contributed by atoms with Gasteiger partial charge in [0, 0.05) is 22.2 Å². The number of pyridine rings is 2. The van der Waals surface area contributed by atoms with Crippen molar-refractivity contribution in [2.75, 3.05) is 6.26 Å². The lowest BCUT2D eigenvalue weighted by molar-refractivity contribution is 0.438. The van der Waals surface area contributed by atoms with Crippen LogP contribution in [0.15, 0.2) is 53.6 Å². The maximum atomic E-state index is 9.45. The number of H-pyrrole nitrogens is 1. The van der Waals surface area contributed by atoms with Gasteiger partial charge in [-0.15, -0.1) is 11.8 Å². The molecule has 0 saturated carbocycles. The van der Waals surface area contributed by atoms with E-state index in [0.29, 0.717) is 21.9 Å². The van der Waals surface area contributed by atoms with E-state index < -0.39 is 0 Å². The Kier molecular flexibility index (Phi) is 4.07. The molecule has 0 saturated heterocycles. The van der Waals surface area contributed by atoms with Crippen molar-refractivity contribution in [3.8, 4) is 28.5 Å². The van der Waals surface area contributed by atoms with Crippen LogP contribution >= 0.6 is 23.4 Å². The van der Waals surface area contributed by atoms with E-state index in [9.17, 15) is 5.11 Å². The highest BCUT2D eigenvalue weighted by atomic mass is 35.5. The molecule has 0 amide bonds. The predicted octanol–water partition coefficient (Wildman–Crippen LogP) is 4.77. The number of fused-ring (bicyclic) bond motifs is 1. The van der Waals surface area contributed by atoms with Gasteiger partial charge >= 0.3 is 0 Å². The molecule has 0 atom stereocenters. The molecule has 7 heteroatoms. The van der Waals surface area contributed by atoms with E-state index in [1.807, 2.05) is 42.8 Å². The third-order valence-corrected chi connectivity index (χ3v) is 4.84. The Morgan fingerprint density at radius 1 is 1.04 bits per heavy atom. The van der Waals surface area contributed by atoms with Gasteiger partial charge in [0.15, 0.2) is 5.65 Å². The summed E-state index contributed by atoms with van der Waals surface area (Å²) < 4.78 is 0. The Morgan fingerprint density at radius 3 is 2.48 bits per heavy atom. The number of hydrogen-bond donors (Lipinski definition) is 2. The number of aromatic hydroxyl groups is 1.